The van der Waals surface area contributed by atoms with Gasteiger partial charge in [-0.25, -0.2) is 15.0 Å². The third-order valence-corrected chi connectivity index (χ3v) is 6.43. The molecule has 0 bridgehead atoms. The summed E-state index contributed by atoms with van der Waals surface area (Å²) in [6.07, 6.45) is 7.03. The van der Waals surface area contributed by atoms with Gasteiger partial charge in [0.05, 0.1) is 6.04 Å². The van der Waals surface area contributed by atoms with Gasteiger partial charge in [0.2, 0.25) is 5.95 Å². The zero-order valence-electron chi connectivity index (χ0n) is 18.2. The van der Waals surface area contributed by atoms with Crippen molar-refractivity contribution >= 4 is 40.9 Å². The van der Waals surface area contributed by atoms with Crippen molar-refractivity contribution in [2.75, 3.05) is 16.8 Å². The van der Waals surface area contributed by atoms with Crippen LogP contribution in [-0.4, -0.2) is 37.6 Å². The van der Waals surface area contributed by atoms with Crippen LogP contribution in [0.25, 0.3) is 0 Å². The standard InChI is InChI=1S/C23H27N7S2/c1-16-9-6-7-14-30(16)19-15-20(32-23-24-12-8-13-25-23)28-21(27-19)29-22(31)26-17(2)18-10-4-3-5-11-18/h3-5,8,10-13,15-17H,6-7,9,14H2,1-2H3,(H2,26,27,28,29,31)/t16-,17+/m1/s1. The highest BCUT2D eigenvalue weighted by atomic mass is 32.2. The largest absolute Gasteiger partial charge is 0.356 e. The minimum Gasteiger partial charge on any atom is -0.356 e. The molecule has 0 saturated carbocycles. The molecule has 3 heterocycles. The van der Waals surface area contributed by atoms with Gasteiger partial charge in [-0.05, 0) is 68.7 Å². The first-order valence-corrected chi connectivity index (χ1v) is 12.0. The minimum absolute atomic E-state index is 0.0630. The van der Waals surface area contributed by atoms with Crippen molar-refractivity contribution in [1.82, 2.24) is 25.3 Å². The van der Waals surface area contributed by atoms with Crippen molar-refractivity contribution in [1.29, 1.82) is 0 Å². The second-order valence-corrected chi connectivity index (χ2v) is 9.19. The van der Waals surface area contributed by atoms with E-state index in [1.165, 1.54) is 18.2 Å². The van der Waals surface area contributed by atoms with E-state index in [4.69, 9.17) is 17.2 Å². The number of hydrogen-bond donors (Lipinski definition) is 2. The molecule has 2 N–H and O–H groups in total. The van der Waals surface area contributed by atoms with Crippen LogP contribution in [0, 0.1) is 0 Å². The lowest BCUT2D eigenvalue weighted by atomic mass is 10.0. The van der Waals surface area contributed by atoms with Crippen LogP contribution in [0.15, 0.2) is 65.0 Å². The number of piperidine rings is 1. The van der Waals surface area contributed by atoms with Gasteiger partial charge in [0.15, 0.2) is 10.3 Å². The number of nitrogens with one attached hydrogen (secondary N) is 2. The van der Waals surface area contributed by atoms with Crippen molar-refractivity contribution < 1.29 is 0 Å². The molecule has 0 amide bonds. The molecule has 7 nitrogen and oxygen atoms in total. The third-order valence-electron chi connectivity index (χ3n) is 5.40. The zero-order valence-corrected chi connectivity index (χ0v) is 19.9. The Kier molecular flexibility index (Phi) is 7.49. The summed E-state index contributed by atoms with van der Waals surface area (Å²) in [4.78, 5) is 20.4. The van der Waals surface area contributed by atoms with E-state index in [1.807, 2.05) is 24.3 Å². The van der Waals surface area contributed by atoms with E-state index in [0.717, 1.165) is 35.8 Å². The van der Waals surface area contributed by atoms with Crippen LogP contribution in [0.2, 0.25) is 0 Å². The lowest BCUT2D eigenvalue weighted by Gasteiger charge is -2.34. The number of benzene rings is 1. The predicted molar refractivity (Wildman–Crippen MR) is 133 cm³/mol. The van der Waals surface area contributed by atoms with Crippen LogP contribution < -0.4 is 15.5 Å². The molecule has 1 saturated heterocycles. The average Bonchev–Trinajstić information content (AvgIpc) is 2.80. The molecule has 1 aromatic carbocycles. The molecule has 3 aromatic rings. The van der Waals surface area contributed by atoms with Crippen molar-refractivity contribution in [2.24, 2.45) is 0 Å². The first-order chi connectivity index (χ1) is 15.6. The predicted octanol–water partition coefficient (Wildman–Crippen LogP) is 4.84. The van der Waals surface area contributed by atoms with Gasteiger partial charge >= 0.3 is 0 Å². The lowest BCUT2D eigenvalue weighted by Crippen LogP contribution is -2.38. The minimum atomic E-state index is 0.0630. The van der Waals surface area contributed by atoms with Gasteiger partial charge in [-0.2, -0.15) is 4.98 Å². The molecule has 0 radical (unpaired) electrons. The first-order valence-electron chi connectivity index (χ1n) is 10.8. The molecule has 9 heteroatoms. The second kappa shape index (κ2) is 10.7. The molecule has 32 heavy (non-hydrogen) atoms. The van der Waals surface area contributed by atoms with Crippen molar-refractivity contribution in [3.63, 3.8) is 0 Å². The number of rotatable bonds is 6. The summed E-state index contributed by atoms with van der Waals surface area (Å²) in [6, 6.07) is 14.5. The summed E-state index contributed by atoms with van der Waals surface area (Å²) in [6.45, 7) is 5.30. The van der Waals surface area contributed by atoms with Crippen LogP contribution in [0.5, 0.6) is 0 Å². The van der Waals surface area contributed by atoms with E-state index >= 15 is 0 Å². The van der Waals surface area contributed by atoms with Gasteiger partial charge in [-0.1, -0.05) is 30.3 Å². The van der Waals surface area contributed by atoms with Crippen molar-refractivity contribution in [3.8, 4) is 0 Å². The molecule has 166 valence electrons. The molecular formula is C23H27N7S2. The number of thiocarbonyl (C=S) groups is 1. The Balaban J connectivity index is 1.54. The Morgan fingerprint density at radius 3 is 2.66 bits per heavy atom. The van der Waals surface area contributed by atoms with Gasteiger partial charge in [-0.3, -0.25) is 0 Å². The molecule has 0 aliphatic carbocycles. The molecule has 1 aliphatic rings. The Morgan fingerprint density at radius 2 is 1.91 bits per heavy atom. The molecule has 4 rings (SSSR count). The summed E-state index contributed by atoms with van der Waals surface area (Å²) < 4.78 is 0. The smallest absolute Gasteiger partial charge is 0.232 e. The van der Waals surface area contributed by atoms with Crippen LogP contribution in [-0.2, 0) is 0 Å². The van der Waals surface area contributed by atoms with Crippen LogP contribution >= 0.6 is 24.0 Å². The number of anilines is 2. The maximum atomic E-state index is 5.56. The molecule has 2 aromatic heterocycles. The molecule has 1 fully saturated rings. The maximum absolute atomic E-state index is 5.56. The number of hydrogen-bond acceptors (Lipinski definition) is 7. The zero-order chi connectivity index (χ0) is 22.3. The van der Waals surface area contributed by atoms with E-state index in [-0.39, 0.29) is 6.04 Å². The van der Waals surface area contributed by atoms with Gasteiger partial charge < -0.3 is 15.5 Å². The average molecular weight is 466 g/mol. The van der Waals surface area contributed by atoms with E-state index < -0.39 is 0 Å². The van der Waals surface area contributed by atoms with Crippen molar-refractivity contribution in [2.45, 2.75) is 55.4 Å². The van der Waals surface area contributed by atoms with Gasteiger partial charge in [0, 0.05) is 31.0 Å². The summed E-state index contributed by atoms with van der Waals surface area (Å²) in [7, 11) is 0. The van der Waals surface area contributed by atoms with E-state index in [0.29, 0.717) is 22.3 Å². The lowest BCUT2D eigenvalue weighted by molar-refractivity contribution is 0.480. The summed E-state index contributed by atoms with van der Waals surface area (Å²) >= 11 is 6.98. The van der Waals surface area contributed by atoms with Gasteiger partial charge in [0.1, 0.15) is 10.8 Å². The van der Waals surface area contributed by atoms with Crippen LogP contribution in [0.1, 0.15) is 44.7 Å². The van der Waals surface area contributed by atoms with E-state index in [1.54, 1.807) is 18.5 Å². The summed E-state index contributed by atoms with van der Waals surface area (Å²) in [5.41, 5.74) is 1.16. The highest BCUT2D eigenvalue weighted by Gasteiger charge is 2.22. The highest BCUT2D eigenvalue weighted by molar-refractivity contribution is 7.99. The fraction of sp³-hybridized carbons (Fsp3) is 0.348. The highest BCUT2D eigenvalue weighted by Crippen LogP contribution is 2.29. The van der Waals surface area contributed by atoms with Crippen LogP contribution in [0.3, 0.4) is 0 Å². The van der Waals surface area contributed by atoms with E-state index in [2.05, 4.69) is 56.5 Å². The Labute approximate surface area is 198 Å². The number of aromatic nitrogens is 4. The Bertz CT molecular complexity index is 1030. The fourth-order valence-corrected chi connectivity index (χ4v) is 4.68. The SMILES string of the molecule is C[C@H](NC(=S)Nc1nc(Sc2ncccn2)cc(N2CCCC[C@H]2C)n1)c1ccccc1. The topological polar surface area (TPSA) is 78.9 Å². The second-order valence-electron chi connectivity index (χ2n) is 7.79. The van der Waals surface area contributed by atoms with Crippen molar-refractivity contribution in [3.05, 3.63) is 60.4 Å². The third kappa shape index (κ3) is 5.92. The van der Waals surface area contributed by atoms with Gasteiger partial charge in [-0.15, -0.1) is 0 Å². The summed E-state index contributed by atoms with van der Waals surface area (Å²) in [5.74, 6) is 1.36. The molecular weight excluding hydrogens is 438 g/mol. The molecule has 0 spiro atoms. The Hall–Kier alpha value is -2.78. The quantitative estimate of drug-likeness (QED) is 0.302. The molecule has 2 atom stereocenters. The Morgan fingerprint density at radius 1 is 1.12 bits per heavy atom. The molecule has 1 aliphatic heterocycles. The number of nitrogens with zero attached hydrogens (tertiary/aromatic N) is 5. The first kappa shape index (κ1) is 22.4. The summed E-state index contributed by atoms with van der Waals surface area (Å²) in [5, 5.41) is 8.41. The molecule has 0 unspecified atom stereocenters. The fourth-order valence-electron chi connectivity index (χ4n) is 3.70. The van der Waals surface area contributed by atoms with Crippen LogP contribution in [0.4, 0.5) is 11.8 Å². The van der Waals surface area contributed by atoms with Gasteiger partial charge in [0.25, 0.3) is 0 Å². The normalized spacial score (nSPS) is 16.9. The maximum Gasteiger partial charge on any atom is 0.232 e. The monoisotopic (exact) mass is 465 g/mol. The van der Waals surface area contributed by atoms with E-state index in [9.17, 15) is 0 Å².